The molecule has 0 amide bonds. The molecule has 3 nitrogen and oxygen atoms in total. The quantitative estimate of drug-likeness (QED) is 0.588. The van der Waals surface area contributed by atoms with Gasteiger partial charge in [-0.05, 0) is 13.0 Å². The van der Waals surface area contributed by atoms with E-state index in [1.807, 2.05) is 0 Å². The lowest BCUT2D eigenvalue weighted by Crippen LogP contribution is -2.44. The zero-order chi connectivity index (χ0) is 8.65. The molecule has 1 fully saturated rings. The summed E-state index contributed by atoms with van der Waals surface area (Å²) in [6.45, 7) is 7.19. The molecule has 3 heteroatoms. The van der Waals surface area contributed by atoms with E-state index in [0.29, 0.717) is 6.10 Å². The minimum atomic E-state index is 0.385. The number of hydrogen-bond acceptors (Lipinski definition) is 3. The van der Waals surface area contributed by atoms with Crippen LogP contribution in [0, 0.1) is 0 Å². The molecular weight excluding hydrogens is 152 g/mol. The van der Waals surface area contributed by atoms with Crippen LogP contribution >= 0.6 is 0 Å². The molecule has 0 saturated carbocycles. The van der Waals surface area contributed by atoms with E-state index in [-0.39, 0.29) is 0 Å². The molecule has 1 rings (SSSR count). The average molecular weight is 172 g/mol. The fraction of sp³-hybridized carbons (Fsp3) is 1.00. The highest BCUT2D eigenvalue weighted by Gasteiger charge is 2.11. The van der Waals surface area contributed by atoms with Gasteiger partial charge in [0.15, 0.2) is 0 Å². The fourth-order valence-corrected chi connectivity index (χ4v) is 1.32. The van der Waals surface area contributed by atoms with E-state index in [1.165, 1.54) is 12.8 Å². The second kappa shape index (κ2) is 6.40. The Morgan fingerprint density at radius 1 is 1.58 bits per heavy atom. The maximum absolute atomic E-state index is 5.53. The number of ether oxygens (including phenoxy) is 1. The molecular formula is C9H20N2O. The Balaban J connectivity index is 1.91. The Bertz CT molecular complexity index is 103. The van der Waals surface area contributed by atoms with Crippen molar-refractivity contribution in [3.63, 3.8) is 0 Å². The molecule has 0 aromatic carbocycles. The summed E-state index contributed by atoms with van der Waals surface area (Å²) in [5.41, 5.74) is 0. The molecule has 0 aromatic rings. The predicted molar refractivity (Wildman–Crippen MR) is 50.4 cm³/mol. The van der Waals surface area contributed by atoms with E-state index in [4.69, 9.17) is 4.74 Å². The van der Waals surface area contributed by atoms with E-state index >= 15 is 0 Å². The zero-order valence-corrected chi connectivity index (χ0v) is 7.94. The molecule has 1 saturated heterocycles. The summed E-state index contributed by atoms with van der Waals surface area (Å²) in [6.07, 6.45) is 2.91. The molecule has 1 atom stereocenters. The molecule has 1 heterocycles. The van der Waals surface area contributed by atoms with Gasteiger partial charge in [0, 0.05) is 19.6 Å². The van der Waals surface area contributed by atoms with Crippen LogP contribution in [0.3, 0.4) is 0 Å². The van der Waals surface area contributed by atoms with Crippen molar-refractivity contribution < 1.29 is 4.74 Å². The van der Waals surface area contributed by atoms with Crippen molar-refractivity contribution in [1.82, 2.24) is 10.6 Å². The van der Waals surface area contributed by atoms with E-state index in [0.717, 1.165) is 32.8 Å². The fourth-order valence-electron chi connectivity index (χ4n) is 1.32. The Kier molecular flexibility index (Phi) is 5.32. The lowest BCUT2D eigenvalue weighted by atomic mass is 10.3. The van der Waals surface area contributed by atoms with Gasteiger partial charge in [-0.3, -0.25) is 0 Å². The van der Waals surface area contributed by atoms with Crippen molar-refractivity contribution in [3.8, 4) is 0 Å². The molecule has 72 valence electrons. The average Bonchev–Trinajstić information content (AvgIpc) is 2.14. The van der Waals surface area contributed by atoms with Gasteiger partial charge >= 0.3 is 0 Å². The van der Waals surface area contributed by atoms with Gasteiger partial charge in [0.2, 0.25) is 0 Å². The van der Waals surface area contributed by atoms with E-state index in [9.17, 15) is 0 Å². The molecule has 0 spiro atoms. The van der Waals surface area contributed by atoms with E-state index in [2.05, 4.69) is 17.6 Å². The highest BCUT2D eigenvalue weighted by atomic mass is 16.5. The molecule has 0 aromatic heterocycles. The number of unbranched alkanes of at least 4 members (excludes halogenated alkanes) is 1. The van der Waals surface area contributed by atoms with Crippen LogP contribution in [0.15, 0.2) is 0 Å². The van der Waals surface area contributed by atoms with Crippen LogP contribution in [-0.2, 0) is 4.74 Å². The Morgan fingerprint density at radius 3 is 3.17 bits per heavy atom. The summed E-state index contributed by atoms with van der Waals surface area (Å²) >= 11 is 0. The lowest BCUT2D eigenvalue weighted by molar-refractivity contribution is 0.0293. The highest BCUT2D eigenvalue weighted by Crippen LogP contribution is 1.93. The minimum Gasteiger partial charge on any atom is -0.374 e. The SMILES string of the molecule is CCCCNCC1CNCCO1. The van der Waals surface area contributed by atoms with Crippen molar-refractivity contribution in [2.24, 2.45) is 0 Å². The van der Waals surface area contributed by atoms with Crippen LogP contribution in [0.4, 0.5) is 0 Å². The molecule has 1 aliphatic rings. The van der Waals surface area contributed by atoms with Crippen LogP contribution in [0.1, 0.15) is 19.8 Å². The Labute approximate surface area is 74.9 Å². The first-order valence-electron chi connectivity index (χ1n) is 4.96. The van der Waals surface area contributed by atoms with Crippen molar-refractivity contribution >= 4 is 0 Å². The summed E-state index contributed by atoms with van der Waals surface area (Å²) in [7, 11) is 0. The summed E-state index contributed by atoms with van der Waals surface area (Å²) in [5.74, 6) is 0. The second-order valence-electron chi connectivity index (χ2n) is 3.25. The number of nitrogens with one attached hydrogen (secondary N) is 2. The van der Waals surface area contributed by atoms with Gasteiger partial charge in [-0.2, -0.15) is 0 Å². The van der Waals surface area contributed by atoms with Crippen molar-refractivity contribution in [2.75, 3.05) is 32.8 Å². The largest absolute Gasteiger partial charge is 0.374 e. The third kappa shape index (κ3) is 4.04. The van der Waals surface area contributed by atoms with Gasteiger partial charge in [-0.25, -0.2) is 0 Å². The summed E-state index contributed by atoms with van der Waals surface area (Å²) in [6, 6.07) is 0. The Morgan fingerprint density at radius 2 is 2.50 bits per heavy atom. The molecule has 12 heavy (non-hydrogen) atoms. The van der Waals surface area contributed by atoms with Gasteiger partial charge in [0.1, 0.15) is 0 Å². The van der Waals surface area contributed by atoms with Crippen LogP contribution in [-0.4, -0.2) is 38.9 Å². The number of rotatable bonds is 5. The molecule has 0 radical (unpaired) electrons. The van der Waals surface area contributed by atoms with Gasteiger partial charge in [0.25, 0.3) is 0 Å². The normalized spacial score (nSPS) is 24.2. The van der Waals surface area contributed by atoms with Crippen LogP contribution in [0.25, 0.3) is 0 Å². The first-order valence-corrected chi connectivity index (χ1v) is 4.96. The topological polar surface area (TPSA) is 33.3 Å². The summed E-state index contributed by atoms with van der Waals surface area (Å²) in [5, 5.41) is 6.70. The third-order valence-corrected chi connectivity index (χ3v) is 2.08. The third-order valence-electron chi connectivity index (χ3n) is 2.08. The van der Waals surface area contributed by atoms with Crippen LogP contribution in [0.2, 0.25) is 0 Å². The minimum absolute atomic E-state index is 0.385. The lowest BCUT2D eigenvalue weighted by Gasteiger charge is -2.23. The number of morpholine rings is 1. The van der Waals surface area contributed by atoms with Gasteiger partial charge < -0.3 is 15.4 Å². The van der Waals surface area contributed by atoms with Gasteiger partial charge in [0.05, 0.1) is 12.7 Å². The molecule has 0 bridgehead atoms. The maximum Gasteiger partial charge on any atom is 0.0824 e. The standard InChI is InChI=1S/C9H20N2O/c1-2-3-4-10-7-9-8-11-5-6-12-9/h9-11H,2-8H2,1H3. The van der Waals surface area contributed by atoms with Gasteiger partial charge in [-0.15, -0.1) is 0 Å². The zero-order valence-electron chi connectivity index (χ0n) is 7.94. The monoisotopic (exact) mass is 172 g/mol. The first-order chi connectivity index (χ1) is 5.93. The van der Waals surface area contributed by atoms with E-state index < -0.39 is 0 Å². The van der Waals surface area contributed by atoms with Crippen LogP contribution < -0.4 is 10.6 Å². The first kappa shape index (κ1) is 9.96. The second-order valence-corrected chi connectivity index (χ2v) is 3.25. The molecule has 1 unspecified atom stereocenters. The van der Waals surface area contributed by atoms with Gasteiger partial charge in [-0.1, -0.05) is 13.3 Å². The summed E-state index contributed by atoms with van der Waals surface area (Å²) in [4.78, 5) is 0. The van der Waals surface area contributed by atoms with Crippen molar-refractivity contribution in [3.05, 3.63) is 0 Å². The van der Waals surface area contributed by atoms with Crippen molar-refractivity contribution in [2.45, 2.75) is 25.9 Å². The van der Waals surface area contributed by atoms with Crippen molar-refractivity contribution in [1.29, 1.82) is 0 Å². The Hall–Kier alpha value is -0.120. The van der Waals surface area contributed by atoms with E-state index in [1.54, 1.807) is 0 Å². The van der Waals surface area contributed by atoms with Crippen LogP contribution in [0.5, 0.6) is 0 Å². The smallest absolute Gasteiger partial charge is 0.0824 e. The predicted octanol–water partition coefficient (Wildman–Crippen LogP) is 0.365. The molecule has 2 N–H and O–H groups in total. The molecule has 0 aliphatic carbocycles. The maximum atomic E-state index is 5.53. The molecule has 1 aliphatic heterocycles. The highest BCUT2D eigenvalue weighted by molar-refractivity contribution is 4.68. The summed E-state index contributed by atoms with van der Waals surface area (Å²) < 4.78 is 5.53. The number of hydrogen-bond donors (Lipinski definition) is 2.